The van der Waals surface area contributed by atoms with Gasteiger partial charge in [0.15, 0.2) is 0 Å². The summed E-state index contributed by atoms with van der Waals surface area (Å²) in [7, 11) is 1.60. The van der Waals surface area contributed by atoms with Crippen LogP contribution in [0.2, 0.25) is 0 Å². The molecule has 0 aliphatic carbocycles. The number of nitrogens with one attached hydrogen (secondary N) is 2. The van der Waals surface area contributed by atoms with Gasteiger partial charge >= 0.3 is 6.03 Å². The van der Waals surface area contributed by atoms with E-state index in [9.17, 15) is 4.79 Å². The van der Waals surface area contributed by atoms with E-state index in [1.807, 2.05) is 18.2 Å². The monoisotopic (exact) mass is 210 g/mol. The van der Waals surface area contributed by atoms with Crippen molar-refractivity contribution < 1.29 is 4.79 Å². The highest BCUT2D eigenvalue weighted by Crippen LogP contribution is 2.03. The molecule has 0 radical (unpaired) electrons. The number of hydrogen-bond donors (Lipinski definition) is 2. The minimum atomic E-state index is -0.150. The zero-order chi connectivity index (χ0) is 10.2. The molecule has 0 heterocycles. The fourth-order valence-corrected chi connectivity index (χ4v) is 1.65. The third kappa shape index (κ3) is 4.18. The Morgan fingerprint density at radius 1 is 1.36 bits per heavy atom. The number of rotatable bonds is 4. The minimum absolute atomic E-state index is 0.150. The first-order chi connectivity index (χ1) is 6.83. The lowest BCUT2D eigenvalue weighted by Gasteiger charge is -2.03. The first-order valence-electron chi connectivity index (χ1n) is 4.46. The Kier molecular flexibility index (Phi) is 4.93. The molecular formula is C10H14N2OS. The summed E-state index contributed by atoms with van der Waals surface area (Å²) >= 11 is 1.42. The number of urea groups is 1. The van der Waals surface area contributed by atoms with Crippen molar-refractivity contribution >= 4 is 18.0 Å². The lowest BCUT2D eigenvalue weighted by Crippen LogP contribution is -2.27. The van der Waals surface area contributed by atoms with Crippen LogP contribution in [0.25, 0.3) is 0 Å². The van der Waals surface area contributed by atoms with E-state index in [-0.39, 0.29) is 6.03 Å². The van der Waals surface area contributed by atoms with Crippen molar-refractivity contribution in [1.29, 1.82) is 0 Å². The van der Waals surface area contributed by atoms with Gasteiger partial charge in [0.1, 0.15) is 0 Å². The molecule has 0 aromatic heterocycles. The van der Waals surface area contributed by atoms with Crippen molar-refractivity contribution in [3.8, 4) is 0 Å². The molecule has 0 spiro atoms. The Morgan fingerprint density at radius 2 is 2.07 bits per heavy atom. The molecule has 1 rings (SSSR count). The van der Waals surface area contributed by atoms with Crippen LogP contribution in [0.5, 0.6) is 0 Å². The molecule has 0 aliphatic heterocycles. The average molecular weight is 210 g/mol. The minimum Gasteiger partial charge on any atom is -0.341 e. The van der Waals surface area contributed by atoms with E-state index in [4.69, 9.17) is 0 Å². The average Bonchev–Trinajstić information content (AvgIpc) is 2.25. The van der Waals surface area contributed by atoms with Crippen LogP contribution < -0.4 is 10.0 Å². The summed E-state index contributed by atoms with van der Waals surface area (Å²) in [5.41, 5.74) is 1.29. The van der Waals surface area contributed by atoms with E-state index < -0.39 is 0 Å². The topological polar surface area (TPSA) is 41.1 Å². The molecule has 0 unspecified atom stereocenters. The molecule has 0 fully saturated rings. The molecule has 4 heteroatoms. The first kappa shape index (κ1) is 10.9. The molecule has 0 saturated heterocycles. The Hall–Kier alpha value is -1.16. The normalized spacial score (nSPS) is 9.50. The van der Waals surface area contributed by atoms with Crippen molar-refractivity contribution in [3.63, 3.8) is 0 Å². The quantitative estimate of drug-likeness (QED) is 0.588. The predicted octanol–water partition coefficient (Wildman–Crippen LogP) is 1.81. The van der Waals surface area contributed by atoms with E-state index in [0.29, 0.717) is 0 Å². The Balaban J connectivity index is 2.13. The van der Waals surface area contributed by atoms with E-state index in [1.54, 1.807) is 7.05 Å². The molecule has 76 valence electrons. The Morgan fingerprint density at radius 3 is 2.71 bits per heavy atom. The van der Waals surface area contributed by atoms with E-state index >= 15 is 0 Å². The number of carbonyl (C=O) groups is 1. The van der Waals surface area contributed by atoms with Crippen LogP contribution in [0.3, 0.4) is 0 Å². The van der Waals surface area contributed by atoms with Gasteiger partial charge < -0.3 is 5.32 Å². The maximum Gasteiger partial charge on any atom is 0.324 e. The molecule has 0 saturated carbocycles. The first-order valence-corrected chi connectivity index (χ1v) is 5.45. The SMILES string of the molecule is CNC(=O)NSCCc1ccccc1. The molecule has 1 aromatic rings. The third-order valence-electron chi connectivity index (χ3n) is 1.73. The fraction of sp³-hybridized carbons (Fsp3) is 0.300. The molecule has 0 bridgehead atoms. The van der Waals surface area contributed by atoms with Gasteiger partial charge in [-0.15, -0.1) is 0 Å². The van der Waals surface area contributed by atoms with E-state index in [1.165, 1.54) is 17.5 Å². The summed E-state index contributed by atoms with van der Waals surface area (Å²) in [6.45, 7) is 0. The highest BCUT2D eigenvalue weighted by atomic mass is 32.2. The van der Waals surface area contributed by atoms with Gasteiger partial charge in [0.2, 0.25) is 0 Å². The number of carbonyl (C=O) groups excluding carboxylic acids is 1. The Bertz CT molecular complexity index is 277. The summed E-state index contributed by atoms with van der Waals surface area (Å²) in [5, 5.41) is 2.49. The van der Waals surface area contributed by atoms with E-state index in [2.05, 4.69) is 22.2 Å². The number of amides is 2. The summed E-state index contributed by atoms with van der Waals surface area (Å²) < 4.78 is 2.67. The van der Waals surface area contributed by atoms with Crippen LogP contribution in [-0.2, 0) is 6.42 Å². The van der Waals surface area contributed by atoms with Crippen molar-refractivity contribution in [2.45, 2.75) is 6.42 Å². The molecule has 1 aromatic carbocycles. The largest absolute Gasteiger partial charge is 0.341 e. The molecular weight excluding hydrogens is 196 g/mol. The molecule has 2 amide bonds. The highest BCUT2D eigenvalue weighted by molar-refractivity contribution is 7.97. The second-order valence-electron chi connectivity index (χ2n) is 2.77. The highest BCUT2D eigenvalue weighted by Gasteiger charge is 1.95. The van der Waals surface area contributed by atoms with Crippen LogP contribution in [0.4, 0.5) is 4.79 Å². The second-order valence-corrected chi connectivity index (χ2v) is 3.67. The van der Waals surface area contributed by atoms with Crippen LogP contribution in [0, 0.1) is 0 Å². The molecule has 3 nitrogen and oxygen atoms in total. The van der Waals surface area contributed by atoms with Gasteiger partial charge in [-0.25, -0.2) is 4.79 Å². The zero-order valence-electron chi connectivity index (χ0n) is 8.12. The van der Waals surface area contributed by atoms with E-state index in [0.717, 1.165) is 12.2 Å². The summed E-state index contributed by atoms with van der Waals surface area (Å²) in [5.74, 6) is 0.886. The van der Waals surface area contributed by atoms with Gasteiger partial charge in [-0.3, -0.25) is 4.72 Å². The van der Waals surface area contributed by atoms with Crippen molar-refractivity contribution in [1.82, 2.24) is 10.0 Å². The third-order valence-corrected chi connectivity index (χ3v) is 2.47. The number of benzene rings is 1. The van der Waals surface area contributed by atoms with Crippen LogP contribution >= 0.6 is 11.9 Å². The lowest BCUT2D eigenvalue weighted by molar-refractivity contribution is 0.248. The van der Waals surface area contributed by atoms with Gasteiger partial charge in [0.25, 0.3) is 0 Å². The van der Waals surface area contributed by atoms with Crippen LogP contribution in [-0.4, -0.2) is 18.8 Å². The van der Waals surface area contributed by atoms with Gasteiger partial charge in [0, 0.05) is 12.8 Å². The van der Waals surface area contributed by atoms with Gasteiger partial charge in [0.05, 0.1) is 0 Å². The predicted molar refractivity (Wildman–Crippen MR) is 60.2 cm³/mol. The van der Waals surface area contributed by atoms with Gasteiger partial charge in [-0.05, 0) is 23.9 Å². The zero-order valence-corrected chi connectivity index (χ0v) is 8.93. The number of aryl methyl sites for hydroxylation is 1. The van der Waals surface area contributed by atoms with Crippen molar-refractivity contribution in [2.24, 2.45) is 0 Å². The van der Waals surface area contributed by atoms with Crippen LogP contribution in [0.1, 0.15) is 5.56 Å². The summed E-state index contributed by atoms with van der Waals surface area (Å²) in [6, 6.07) is 10.1. The Labute approximate surface area is 88.4 Å². The fourth-order valence-electron chi connectivity index (χ4n) is 0.981. The maximum absolute atomic E-state index is 10.8. The molecule has 0 atom stereocenters. The molecule has 2 N–H and O–H groups in total. The lowest BCUT2D eigenvalue weighted by atomic mass is 10.2. The smallest absolute Gasteiger partial charge is 0.324 e. The standard InChI is InChI=1S/C10H14N2OS/c1-11-10(13)12-14-8-7-9-5-3-2-4-6-9/h2-6H,7-8H2,1H3,(H2,11,12,13). The van der Waals surface area contributed by atoms with Crippen molar-refractivity contribution in [3.05, 3.63) is 35.9 Å². The van der Waals surface area contributed by atoms with Gasteiger partial charge in [-0.2, -0.15) is 0 Å². The molecule has 14 heavy (non-hydrogen) atoms. The molecule has 0 aliphatic rings. The summed E-state index contributed by atoms with van der Waals surface area (Å²) in [6.07, 6.45) is 0.968. The van der Waals surface area contributed by atoms with Crippen molar-refractivity contribution in [2.75, 3.05) is 12.8 Å². The second kappa shape index (κ2) is 6.32. The van der Waals surface area contributed by atoms with Gasteiger partial charge in [-0.1, -0.05) is 30.3 Å². The number of hydrogen-bond acceptors (Lipinski definition) is 2. The van der Waals surface area contributed by atoms with Crippen LogP contribution in [0.15, 0.2) is 30.3 Å². The maximum atomic E-state index is 10.8. The summed E-state index contributed by atoms with van der Waals surface area (Å²) in [4.78, 5) is 10.8.